The molecule has 0 aromatic carbocycles. The van der Waals surface area contributed by atoms with Gasteiger partial charge in [0.25, 0.3) is 0 Å². The number of hydrogen-bond donors (Lipinski definition) is 1. The maximum Gasteiger partial charge on any atom is 0.187 e. The fourth-order valence-electron chi connectivity index (χ4n) is 2.25. The first-order valence-electron chi connectivity index (χ1n) is 6.17. The number of nitrogens with zero attached hydrogens (tertiary/aromatic N) is 2. The van der Waals surface area contributed by atoms with E-state index in [1.807, 2.05) is 19.3 Å². The Bertz CT molecular complexity index is 375. The Balaban J connectivity index is 2.04. The summed E-state index contributed by atoms with van der Waals surface area (Å²) in [7, 11) is 0. The second kappa shape index (κ2) is 4.94. The Kier molecular flexibility index (Phi) is 3.73. The largest absolute Gasteiger partial charge is 0.327 e. The number of aryl methyl sites for hydroxylation is 1. The zero-order chi connectivity index (χ0) is 12.5. The highest BCUT2D eigenvalue weighted by atomic mass is 32.2. The van der Waals surface area contributed by atoms with Crippen LogP contribution < -0.4 is 5.73 Å². The molecule has 1 fully saturated rings. The molecule has 2 atom stereocenters. The van der Waals surface area contributed by atoms with Crippen molar-refractivity contribution in [3.8, 4) is 0 Å². The first-order valence-corrected chi connectivity index (χ1v) is 7.05. The molecule has 17 heavy (non-hydrogen) atoms. The molecule has 0 radical (unpaired) electrons. The maximum absolute atomic E-state index is 6.20. The van der Waals surface area contributed by atoms with Crippen LogP contribution in [0.1, 0.15) is 38.7 Å². The lowest BCUT2D eigenvalue weighted by atomic mass is 9.75. The van der Waals surface area contributed by atoms with E-state index in [2.05, 4.69) is 23.8 Å². The molecule has 1 aromatic rings. The summed E-state index contributed by atoms with van der Waals surface area (Å²) in [4.78, 5) is 8.70. The van der Waals surface area contributed by atoms with Gasteiger partial charge in [0.2, 0.25) is 0 Å². The van der Waals surface area contributed by atoms with Crippen LogP contribution in [0.5, 0.6) is 0 Å². The molecule has 1 aromatic heterocycles. The third-order valence-corrected chi connectivity index (χ3v) is 4.64. The summed E-state index contributed by atoms with van der Waals surface area (Å²) in [5.74, 6) is 0. The molecular formula is C13H21N3S. The van der Waals surface area contributed by atoms with Crippen LogP contribution in [-0.4, -0.2) is 21.3 Å². The Hall–Kier alpha value is -0.610. The molecule has 1 aliphatic carbocycles. The van der Waals surface area contributed by atoms with Crippen molar-refractivity contribution in [2.24, 2.45) is 11.1 Å². The van der Waals surface area contributed by atoms with E-state index in [4.69, 9.17) is 5.73 Å². The molecule has 2 N–H and O–H groups in total. The minimum absolute atomic E-state index is 0.276. The molecule has 0 bridgehead atoms. The predicted molar refractivity (Wildman–Crippen MR) is 72.0 cm³/mol. The molecule has 2 unspecified atom stereocenters. The van der Waals surface area contributed by atoms with Crippen LogP contribution in [0.4, 0.5) is 0 Å². The molecular weight excluding hydrogens is 230 g/mol. The predicted octanol–water partition coefficient (Wildman–Crippen LogP) is 2.78. The van der Waals surface area contributed by atoms with E-state index in [1.54, 1.807) is 11.8 Å². The van der Waals surface area contributed by atoms with Crippen LogP contribution >= 0.6 is 11.8 Å². The summed E-state index contributed by atoms with van der Waals surface area (Å²) in [6, 6.07) is 0.276. The van der Waals surface area contributed by atoms with Crippen molar-refractivity contribution < 1.29 is 0 Å². The van der Waals surface area contributed by atoms with Crippen molar-refractivity contribution in [3.05, 3.63) is 18.0 Å². The fourth-order valence-corrected chi connectivity index (χ4v) is 3.59. The summed E-state index contributed by atoms with van der Waals surface area (Å²) >= 11 is 1.74. The van der Waals surface area contributed by atoms with Crippen molar-refractivity contribution in [3.63, 3.8) is 0 Å². The Morgan fingerprint density at radius 2 is 2.00 bits per heavy atom. The third-order valence-electron chi connectivity index (χ3n) is 3.40. The van der Waals surface area contributed by atoms with Gasteiger partial charge in [-0.3, -0.25) is 0 Å². The number of nitrogens with two attached hydrogens (primary N) is 1. The molecule has 2 rings (SSSR count). The van der Waals surface area contributed by atoms with Gasteiger partial charge in [0.15, 0.2) is 5.16 Å². The van der Waals surface area contributed by atoms with Crippen LogP contribution in [-0.2, 0) is 0 Å². The second-order valence-electron chi connectivity index (χ2n) is 5.77. The molecule has 0 saturated heterocycles. The molecule has 1 saturated carbocycles. The lowest BCUT2D eigenvalue weighted by Crippen LogP contribution is -2.41. The van der Waals surface area contributed by atoms with Gasteiger partial charge < -0.3 is 5.73 Å². The maximum atomic E-state index is 6.20. The number of hydrogen-bond acceptors (Lipinski definition) is 4. The summed E-state index contributed by atoms with van der Waals surface area (Å²) < 4.78 is 0. The normalized spacial score (nSPS) is 28.0. The molecule has 94 valence electrons. The number of thioether (sulfide) groups is 1. The van der Waals surface area contributed by atoms with Crippen LogP contribution in [0.3, 0.4) is 0 Å². The van der Waals surface area contributed by atoms with Gasteiger partial charge in [-0.25, -0.2) is 9.97 Å². The van der Waals surface area contributed by atoms with E-state index in [0.29, 0.717) is 10.7 Å². The van der Waals surface area contributed by atoms with E-state index in [0.717, 1.165) is 23.6 Å². The Morgan fingerprint density at radius 3 is 2.65 bits per heavy atom. The van der Waals surface area contributed by atoms with Gasteiger partial charge in [-0.15, -0.1) is 0 Å². The van der Waals surface area contributed by atoms with E-state index < -0.39 is 0 Å². The highest BCUT2D eigenvalue weighted by Gasteiger charge is 2.33. The zero-order valence-electron chi connectivity index (χ0n) is 10.8. The van der Waals surface area contributed by atoms with Crippen LogP contribution in [0, 0.1) is 12.3 Å². The highest BCUT2D eigenvalue weighted by Crippen LogP contribution is 2.41. The van der Waals surface area contributed by atoms with Crippen LogP contribution in [0.15, 0.2) is 17.6 Å². The van der Waals surface area contributed by atoms with Gasteiger partial charge >= 0.3 is 0 Å². The second-order valence-corrected chi connectivity index (χ2v) is 6.98. The van der Waals surface area contributed by atoms with E-state index in [1.165, 1.54) is 6.42 Å². The highest BCUT2D eigenvalue weighted by molar-refractivity contribution is 7.99. The number of rotatable bonds is 2. The molecule has 4 heteroatoms. The van der Waals surface area contributed by atoms with Crippen molar-refractivity contribution in [1.29, 1.82) is 0 Å². The van der Waals surface area contributed by atoms with Gasteiger partial charge in [0.1, 0.15) is 0 Å². The van der Waals surface area contributed by atoms with Crippen molar-refractivity contribution >= 4 is 11.8 Å². The molecule has 0 spiro atoms. The third kappa shape index (κ3) is 3.42. The van der Waals surface area contributed by atoms with Gasteiger partial charge in [0.05, 0.1) is 0 Å². The van der Waals surface area contributed by atoms with E-state index in [-0.39, 0.29) is 6.04 Å². The quantitative estimate of drug-likeness (QED) is 0.821. The minimum atomic E-state index is 0.276. The number of aromatic nitrogens is 2. The SMILES string of the molecule is Cc1cnc(SC2CC(C)(C)CCC2N)nc1. The molecule has 3 nitrogen and oxygen atoms in total. The average Bonchev–Trinajstić information content (AvgIpc) is 2.26. The monoisotopic (exact) mass is 251 g/mol. The summed E-state index contributed by atoms with van der Waals surface area (Å²) in [5, 5.41) is 1.30. The lowest BCUT2D eigenvalue weighted by Gasteiger charge is -2.38. The summed E-state index contributed by atoms with van der Waals surface area (Å²) in [5.41, 5.74) is 7.70. The smallest absolute Gasteiger partial charge is 0.187 e. The van der Waals surface area contributed by atoms with E-state index >= 15 is 0 Å². The Labute approximate surface area is 108 Å². The fraction of sp³-hybridized carbons (Fsp3) is 0.692. The van der Waals surface area contributed by atoms with E-state index in [9.17, 15) is 0 Å². The van der Waals surface area contributed by atoms with Gasteiger partial charge in [-0.2, -0.15) is 0 Å². The topological polar surface area (TPSA) is 51.8 Å². The van der Waals surface area contributed by atoms with Crippen molar-refractivity contribution in [1.82, 2.24) is 9.97 Å². The zero-order valence-corrected chi connectivity index (χ0v) is 11.6. The van der Waals surface area contributed by atoms with Crippen molar-refractivity contribution in [2.75, 3.05) is 0 Å². The first kappa shape index (κ1) is 12.8. The molecule has 0 aliphatic heterocycles. The van der Waals surface area contributed by atoms with Crippen molar-refractivity contribution in [2.45, 2.75) is 56.5 Å². The van der Waals surface area contributed by atoms with Gasteiger partial charge in [-0.05, 0) is 37.2 Å². The van der Waals surface area contributed by atoms with Crippen LogP contribution in [0.25, 0.3) is 0 Å². The summed E-state index contributed by atoms with van der Waals surface area (Å²) in [6.07, 6.45) is 7.22. The first-order chi connectivity index (χ1) is 7.96. The standard InChI is InChI=1S/C13H21N3S/c1-9-7-15-12(16-8-9)17-11-6-13(2,3)5-4-10(11)14/h7-8,10-11H,4-6,14H2,1-3H3. The molecule has 1 aliphatic rings. The lowest BCUT2D eigenvalue weighted by molar-refractivity contribution is 0.232. The minimum Gasteiger partial charge on any atom is -0.327 e. The van der Waals surface area contributed by atoms with Gasteiger partial charge in [-0.1, -0.05) is 25.6 Å². The summed E-state index contributed by atoms with van der Waals surface area (Å²) in [6.45, 7) is 6.65. The molecule has 0 amide bonds. The molecule has 1 heterocycles. The van der Waals surface area contributed by atoms with Gasteiger partial charge in [0, 0.05) is 23.7 Å². The average molecular weight is 251 g/mol. The Morgan fingerprint density at radius 1 is 1.35 bits per heavy atom. The van der Waals surface area contributed by atoms with Crippen LogP contribution in [0.2, 0.25) is 0 Å².